The maximum absolute atomic E-state index is 4.31. The zero-order valence-corrected chi connectivity index (χ0v) is 16.9. The number of hydrogen-bond donors (Lipinski definition) is 0. The largest absolute Gasteiger partial charge is 0.0990 e. The summed E-state index contributed by atoms with van der Waals surface area (Å²) in [4.78, 5) is 0. The standard InChI is InChI=1S/C28H28/c1-5-11-24(25-12-7-6-8-13-25)19-18-23-17-16-22(2)26-14-9-10-15-27(26)28(3,4)21-20-23/h5-20H,1-2,21H2,3-4H3/b17-16-,19-18-,23-20+,24-11+. The average Bonchev–Trinajstić information content (AvgIpc) is 2.76. The van der Waals surface area contributed by atoms with Gasteiger partial charge < -0.3 is 0 Å². The first-order chi connectivity index (χ1) is 13.5. The molecule has 1 aliphatic rings. The van der Waals surface area contributed by atoms with Gasteiger partial charge >= 0.3 is 0 Å². The number of hydrogen-bond acceptors (Lipinski definition) is 0. The number of fused-ring (bicyclic) bond motifs is 1. The topological polar surface area (TPSA) is 0 Å². The Morgan fingerprint density at radius 1 is 0.964 bits per heavy atom. The molecule has 0 aliphatic heterocycles. The van der Waals surface area contributed by atoms with E-state index in [9.17, 15) is 0 Å². The second-order valence-electron chi connectivity index (χ2n) is 7.75. The van der Waals surface area contributed by atoms with Gasteiger partial charge in [0.2, 0.25) is 0 Å². The van der Waals surface area contributed by atoms with Crippen LogP contribution in [0.25, 0.3) is 11.1 Å². The molecule has 0 radical (unpaired) electrons. The van der Waals surface area contributed by atoms with Crippen LogP contribution in [0.5, 0.6) is 0 Å². The molecule has 28 heavy (non-hydrogen) atoms. The molecule has 0 aromatic heterocycles. The molecule has 0 unspecified atom stereocenters. The van der Waals surface area contributed by atoms with E-state index in [4.69, 9.17) is 0 Å². The van der Waals surface area contributed by atoms with Crippen molar-refractivity contribution < 1.29 is 0 Å². The van der Waals surface area contributed by atoms with Crippen molar-refractivity contribution in [3.8, 4) is 0 Å². The molecule has 2 aromatic carbocycles. The molecule has 0 spiro atoms. The van der Waals surface area contributed by atoms with Crippen LogP contribution in [-0.4, -0.2) is 0 Å². The van der Waals surface area contributed by atoms with Crippen LogP contribution in [0.2, 0.25) is 0 Å². The van der Waals surface area contributed by atoms with Crippen molar-refractivity contribution in [2.75, 3.05) is 0 Å². The van der Waals surface area contributed by atoms with Crippen LogP contribution in [-0.2, 0) is 5.41 Å². The first kappa shape index (κ1) is 19.6. The van der Waals surface area contributed by atoms with Crippen LogP contribution >= 0.6 is 0 Å². The van der Waals surface area contributed by atoms with Crippen LogP contribution in [0, 0.1) is 0 Å². The van der Waals surface area contributed by atoms with E-state index < -0.39 is 0 Å². The Balaban J connectivity index is 1.95. The van der Waals surface area contributed by atoms with Gasteiger partial charge in [-0.1, -0.05) is 124 Å². The van der Waals surface area contributed by atoms with Crippen LogP contribution in [0.15, 0.2) is 116 Å². The van der Waals surface area contributed by atoms with Gasteiger partial charge in [-0.05, 0) is 45.2 Å². The normalized spacial score (nSPS) is 19.7. The van der Waals surface area contributed by atoms with Crippen molar-refractivity contribution in [2.24, 2.45) is 0 Å². The Kier molecular flexibility index (Phi) is 6.11. The molecule has 0 atom stereocenters. The summed E-state index contributed by atoms with van der Waals surface area (Å²) < 4.78 is 0. The predicted octanol–water partition coefficient (Wildman–Crippen LogP) is 7.69. The van der Waals surface area contributed by atoms with Crippen molar-refractivity contribution in [2.45, 2.75) is 25.7 Å². The molecule has 0 fully saturated rings. The second-order valence-corrected chi connectivity index (χ2v) is 7.75. The van der Waals surface area contributed by atoms with Gasteiger partial charge in [-0.15, -0.1) is 0 Å². The van der Waals surface area contributed by atoms with E-state index >= 15 is 0 Å². The highest BCUT2D eigenvalue weighted by Crippen LogP contribution is 2.35. The van der Waals surface area contributed by atoms with E-state index in [1.807, 2.05) is 18.2 Å². The van der Waals surface area contributed by atoms with E-state index in [-0.39, 0.29) is 5.41 Å². The summed E-state index contributed by atoms with van der Waals surface area (Å²) in [5, 5.41) is 0. The number of benzene rings is 2. The number of allylic oxidation sites excluding steroid dienone is 10. The zero-order valence-electron chi connectivity index (χ0n) is 16.9. The summed E-state index contributed by atoms with van der Waals surface area (Å²) in [7, 11) is 0. The summed E-state index contributed by atoms with van der Waals surface area (Å²) in [6.45, 7) is 12.8. The fraction of sp³-hybridized carbons (Fsp3) is 0.143. The van der Waals surface area contributed by atoms with Crippen molar-refractivity contribution in [1.82, 2.24) is 0 Å². The van der Waals surface area contributed by atoms with Gasteiger partial charge in [0.05, 0.1) is 0 Å². The van der Waals surface area contributed by atoms with E-state index in [0.29, 0.717) is 0 Å². The lowest BCUT2D eigenvalue weighted by molar-refractivity contribution is 0.532. The average molecular weight is 365 g/mol. The summed E-state index contributed by atoms with van der Waals surface area (Å²) in [6.07, 6.45) is 15.8. The molecule has 0 heteroatoms. The second kappa shape index (κ2) is 8.71. The Labute approximate surface area is 169 Å². The van der Waals surface area contributed by atoms with Crippen LogP contribution < -0.4 is 0 Å². The Morgan fingerprint density at radius 3 is 2.43 bits per heavy atom. The highest BCUT2D eigenvalue weighted by atomic mass is 14.3. The predicted molar refractivity (Wildman–Crippen MR) is 124 cm³/mol. The van der Waals surface area contributed by atoms with Gasteiger partial charge in [-0.3, -0.25) is 0 Å². The third-order valence-electron chi connectivity index (χ3n) is 5.19. The lowest BCUT2D eigenvalue weighted by Crippen LogP contribution is -2.17. The van der Waals surface area contributed by atoms with Gasteiger partial charge in [-0.25, -0.2) is 0 Å². The van der Waals surface area contributed by atoms with Crippen molar-refractivity contribution in [3.05, 3.63) is 133 Å². The van der Waals surface area contributed by atoms with Gasteiger partial charge in [0.25, 0.3) is 0 Å². The Morgan fingerprint density at radius 2 is 1.68 bits per heavy atom. The fourth-order valence-electron chi connectivity index (χ4n) is 3.51. The van der Waals surface area contributed by atoms with E-state index in [1.54, 1.807) is 0 Å². The van der Waals surface area contributed by atoms with Crippen LogP contribution in [0.3, 0.4) is 0 Å². The highest BCUT2D eigenvalue weighted by Gasteiger charge is 2.23. The van der Waals surface area contributed by atoms with Gasteiger partial charge in [0, 0.05) is 0 Å². The van der Waals surface area contributed by atoms with E-state index in [1.165, 1.54) is 22.3 Å². The molecule has 0 amide bonds. The van der Waals surface area contributed by atoms with E-state index in [0.717, 1.165) is 17.6 Å². The van der Waals surface area contributed by atoms with Crippen molar-refractivity contribution in [1.29, 1.82) is 0 Å². The SMILES string of the molecule is C=C\C=C(/C=C\C1=C\CC(C)(C)c2ccccc2C(=C)\C=C/1)c1ccccc1. The molecule has 140 valence electrons. The molecule has 0 saturated carbocycles. The Hall–Kier alpha value is -3.12. The maximum Gasteiger partial charge on any atom is -0.00626 e. The first-order valence-corrected chi connectivity index (χ1v) is 9.74. The molecule has 2 aromatic rings. The molecule has 0 bridgehead atoms. The van der Waals surface area contributed by atoms with Gasteiger partial charge in [-0.2, -0.15) is 0 Å². The molecule has 0 heterocycles. The summed E-state index contributed by atoms with van der Waals surface area (Å²) in [5.41, 5.74) is 7.20. The van der Waals surface area contributed by atoms with Crippen molar-refractivity contribution in [3.63, 3.8) is 0 Å². The van der Waals surface area contributed by atoms with Crippen LogP contribution in [0.1, 0.15) is 37.0 Å². The lowest BCUT2D eigenvalue weighted by Gasteiger charge is -2.26. The lowest BCUT2D eigenvalue weighted by atomic mass is 9.78. The third-order valence-corrected chi connectivity index (χ3v) is 5.19. The molecule has 0 N–H and O–H groups in total. The minimum atomic E-state index is 0.0455. The monoisotopic (exact) mass is 364 g/mol. The van der Waals surface area contributed by atoms with Gasteiger partial charge in [0.15, 0.2) is 0 Å². The maximum atomic E-state index is 4.31. The van der Waals surface area contributed by atoms with E-state index in [2.05, 4.69) is 106 Å². The highest BCUT2D eigenvalue weighted by molar-refractivity contribution is 5.77. The zero-order chi connectivity index (χ0) is 20.0. The molecule has 0 saturated heterocycles. The number of rotatable bonds is 4. The summed E-state index contributed by atoms with van der Waals surface area (Å²) in [6, 6.07) is 19.0. The summed E-state index contributed by atoms with van der Waals surface area (Å²) in [5.74, 6) is 0. The molecular weight excluding hydrogens is 336 g/mol. The molecule has 0 nitrogen and oxygen atoms in total. The quantitative estimate of drug-likeness (QED) is 0.488. The molecular formula is C28H28. The van der Waals surface area contributed by atoms with Gasteiger partial charge in [0.1, 0.15) is 0 Å². The van der Waals surface area contributed by atoms with Crippen molar-refractivity contribution >= 4 is 11.1 Å². The smallest absolute Gasteiger partial charge is 0.00626 e. The molecule has 3 rings (SSSR count). The summed E-state index contributed by atoms with van der Waals surface area (Å²) >= 11 is 0. The Bertz CT molecular complexity index is 976. The third kappa shape index (κ3) is 4.58. The minimum Gasteiger partial charge on any atom is -0.0990 e. The minimum absolute atomic E-state index is 0.0455. The van der Waals surface area contributed by atoms with Crippen LogP contribution in [0.4, 0.5) is 0 Å². The molecule has 1 aliphatic carbocycles. The first-order valence-electron chi connectivity index (χ1n) is 9.74. The fourth-order valence-corrected chi connectivity index (χ4v) is 3.51.